The topological polar surface area (TPSA) is 52.6 Å². The van der Waals surface area contributed by atoms with E-state index in [-0.39, 0.29) is 5.91 Å². The van der Waals surface area contributed by atoms with Crippen LogP contribution >= 0.6 is 0 Å². The Labute approximate surface area is 71.8 Å². The van der Waals surface area contributed by atoms with Gasteiger partial charge < -0.3 is 5.32 Å². The largest absolute Gasteiger partial charge is 0.309 e. The van der Waals surface area contributed by atoms with Crippen molar-refractivity contribution >= 4 is 5.91 Å². The third-order valence-corrected chi connectivity index (χ3v) is 2.06. The maximum atomic E-state index is 11.3. The zero-order valence-corrected chi connectivity index (χ0v) is 7.42. The van der Waals surface area contributed by atoms with Gasteiger partial charge >= 0.3 is 0 Å². The molecule has 68 valence electrons. The lowest BCUT2D eigenvalue weighted by atomic mass is 10.0. The van der Waals surface area contributed by atoms with Crippen LogP contribution in [0.15, 0.2) is 11.1 Å². The smallest absolute Gasteiger partial charge is 0.272 e. The lowest BCUT2D eigenvalue weighted by molar-refractivity contribution is -0.159. The van der Waals surface area contributed by atoms with E-state index in [2.05, 4.69) is 5.32 Å². The minimum Gasteiger partial charge on any atom is -0.309 e. The number of nitrogens with zero attached hydrogens (tertiary/aromatic N) is 1. The fourth-order valence-electron chi connectivity index (χ4n) is 1.00. The summed E-state index contributed by atoms with van der Waals surface area (Å²) in [6, 6.07) is 0. The Kier molecular flexibility index (Phi) is 2.83. The first-order chi connectivity index (χ1) is 5.66. The fraction of sp³-hybridized carbons (Fsp3) is 0.625. The van der Waals surface area contributed by atoms with Gasteiger partial charge in [-0.1, -0.05) is 0 Å². The van der Waals surface area contributed by atoms with Crippen molar-refractivity contribution in [3.63, 3.8) is 0 Å². The van der Waals surface area contributed by atoms with Crippen LogP contribution in [0, 0.1) is 0 Å². The first-order valence-electron chi connectivity index (χ1n) is 4.07. The third kappa shape index (κ3) is 1.65. The molecule has 0 bridgehead atoms. The third-order valence-electron chi connectivity index (χ3n) is 2.06. The van der Waals surface area contributed by atoms with Crippen LogP contribution in [-0.2, 0) is 4.79 Å². The summed E-state index contributed by atoms with van der Waals surface area (Å²) in [4.78, 5) is 11.3. The SMILES string of the molecule is CCN(O)C(=O)C(C)=C1CNC1. The van der Waals surface area contributed by atoms with Gasteiger partial charge in [-0.3, -0.25) is 10.0 Å². The molecule has 1 fully saturated rings. The molecule has 1 rings (SSSR count). The van der Waals surface area contributed by atoms with Gasteiger partial charge in [-0.05, 0) is 19.4 Å². The predicted octanol–water partition coefficient (Wildman–Crippen LogP) is 0.144. The predicted molar refractivity (Wildman–Crippen MR) is 44.7 cm³/mol. The number of nitrogens with one attached hydrogen (secondary N) is 1. The lowest BCUT2D eigenvalue weighted by Gasteiger charge is -2.23. The van der Waals surface area contributed by atoms with Gasteiger partial charge in [0.05, 0.1) is 0 Å². The summed E-state index contributed by atoms with van der Waals surface area (Å²) < 4.78 is 0. The number of carbonyl (C=O) groups excluding carboxylic acids is 1. The average molecular weight is 170 g/mol. The molecule has 1 aliphatic rings. The van der Waals surface area contributed by atoms with Crippen molar-refractivity contribution in [3.8, 4) is 0 Å². The number of rotatable bonds is 2. The summed E-state index contributed by atoms with van der Waals surface area (Å²) >= 11 is 0. The Bertz CT molecular complexity index is 217. The van der Waals surface area contributed by atoms with Crippen LogP contribution in [0.5, 0.6) is 0 Å². The number of carbonyl (C=O) groups is 1. The second-order valence-electron chi connectivity index (χ2n) is 2.85. The van der Waals surface area contributed by atoms with E-state index in [4.69, 9.17) is 5.21 Å². The van der Waals surface area contributed by atoms with Crippen LogP contribution in [0.4, 0.5) is 0 Å². The van der Waals surface area contributed by atoms with E-state index < -0.39 is 0 Å². The summed E-state index contributed by atoms with van der Waals surface area (Å²) in [5, 5.41) is 12.9. The molecule has 0 spiro atoms. The van der Waals surface area contributed by atoms with Gasteiger partial charge in [-0.2, -0.15) is 0 Å². The Morgan fingerprint density at radius 2 is 2.25 bits per heavy atom. The van der Waals surface area contributed by atoms with Crippen LogP contribution in [0.1, 0.15) is 13.8 Å². The van der Waals surface area contributed by atoms with Crippen LogP contribution < -0.4 is 5.32 Å². The van der Waals surface area contributed by atoms with Crippen molar-refractivity contribution in [2.24, 2.45) is 0 Å². The molecule has 0 aliphatic carbocycles. The van der Waals surface area contributed by atoms with E-state index in [1.807, 2.05) is 0 Å². The molecule has 0 radical (unpaired) electrons. The highest BCUT2D eigenvalue weighted by Gasteiger charge is 2.18. The number of hydrogen-bond donors (Lipinski definition) is 2. The number of likely N-dealkylation sites (N-methyl/N-ethyl adjacent to an activating group) is 1. The highest BCUT2D eigenvalue weighted by atomic mass is 16.5. The van der Waals surface area contributed by atoms with E-state index in [0.717, 1.165) is 23.7 Å². The highest BCUT2D eigenvalue weighted by Crippen LogP contribution is 2.10. The van der Waals surface area contributed by atoms with Gasteiger partial charge in [0.25, 0.3) is 5.91 Å². The molecule has 1 aliphatic heterocycles. The molecule has 12 heavy (non-hydrogen) atoms. The fourth-order valence-corrected chi connectivity index (χ4v) is 1.00. The average Bonchev–Trinajstić information content (AvgIpc) is 1.98. The summed E-state index contributed by atoms with van der Waals surface area (Å²) in [6.07, 6.45) is 0. The molecule has 4 nitrogen and oxygen atoms in total. The molecule has 0 aromatic heterocycles. The monoisotopic (exact) mass is 170 g/mol. The van der Waals surface area contributed by atoms with Gasteiger partial charge in [0.15, 0.2) is 0 Å². The van der Waals surface area contributed by atoms with Gasteiger partial charge in [-0.25, -0.2) is 5.06 Å². The maximum Gasteiger partial charge on any atom is 0.272 e. The zero-order chi connectivity index (χ0) is 9.14. The molecule has 0 unspecified atom stereocenters. The second-order valence-corrected chi connectivity index (χ2v) is 2.85. The van der Waals surface area contributed by atoms with E-state index in [1.54, 1.807) is 13.8 Å². The van der Waals surface area contributed by atoms with Gasteiger partial charge in [0, 0.05) is 25.2 Å². The summed E-state index contributed by atoms with van der Waals surface area (Å²) in [7, 11) is 0. The van der Waals surface area contributed by atoms with Crippen molar-refractivity contribution in [1.29, 1.82) is 0 Å². The van der Waals surface area contributed by atoms with Crippen LogP contribution in [0.3, 0.4) is 0 Å². The Morgan fingerprint density at radius 3 is 2.58 bits per heavy atom. The quantitative estimate of drug-likeness (QED) is 0.352. The van der Waals surface area contributed by atoms with Crippen LogP contribution in [0.2, 0.25) is 0 Å². The molecule has 1 heterocycles. The molecule has 0 aromatic rings. The molecule has 0 aromatic carbocycles. The number of hydrogen-bond acceptors (Lipinski definition) is 3. The van der Waals surface area contributed by atoms with Crippen molar-refractivity contribution < 1.29 is 10.0 Å². The minimum absolute atomic E-state index is 0.283. The molecule has 1 amide bonds. The normalized spacial score (nSPS) is 15.4. The van der Waals surface area contributed by atoms with Crippen molar-refractivity contribution in [3.05, 3.63) is 11.1 Å². The first kappa shape index (κ1) is 9.22. The minimum atomic E-state index is -0.283. The Morgan fingerprint density at radius 1 is 1.67 bits per heavy atom. The van der Waals surface area contributed by atoms with Crippen molar-refractivity contribution in [2.75, 3.05) is 19.6 Å². The molecule has 1 saturated heterocycles. The van der Waals surface area contributed by atoms with Gasteiger partial charge in [-0.15, -0.1) is 0 Å². The molecule has 0 atom stereocenters. The van der Waals surface area contributed by atoms with E-state index in [0.29, 0.717) is 12.1 Å². The Balaban J connectivity index is 2.63. The van der Waals surface area contributed by atoms with E-state index >= 15 is 0 Å². The summed E-state index contributed by atoms with van der Waals surface area (Å²) in [5.74, 6) is -0.283. The number of amides is 1. The zero-order valence-electron chi connectivity index (χ0n) is 7.42. The molecule has 0 saturated carbocycles. The maximum absolute atomic E-state index is 11.3. The first-order valence-corrected chi connectivity index (χ1v) is 4.07. The molecular weight excluding hydrogens is 156 g/mol. The summed E-state index contributed by atoms with van der Waals surface area (Å²) in [5.41, 5.74) is 1.76. The Hall–Kier alpha value is -0.870. The molecule has 4 heteroatoms. The number of hydroxylamine groups is 2. The van der Waals surface area contributed by atoms with Crippen LogP contribution in [-0.4, -0.2) is 35.8 Å². The van der Waals surface area contributed by atoms with Crippen molar-refractivity contribution in [1.82, 2.24) is 10.4 Å². The van der Waals surface area contributed by atoms with Gasteiger partial charge in [0.2, 0.25) is 0 Å². The lowest BCUT2D eigenvalue weighted by Crippen LogP contribution is -2.38. The standard InChI is InChI=1S/C8H14N2O2/c1-3-10(12)8(11)6(2)7-4-9-5-7/h9,12H,3-5H2,1-2H3. The van der Waals surface area contributed by atoms with E-state index in [9.17, 15) is 4.79 Å². The molecule has 2 N–H and O–H groups in total. The molecular formula is C8H14N2O2. The second kappa shape index (κ2) is 3.69. The van der Waals surface area contributed by atoms with Crippen LogP contribution in [0.25, 0.3) is 0 Å². The van der Waals surface area contributed by atoms with Crippen molar-refractivity contribution in [2.45, 2.75) is 13.8 Å². The highest BCUT2D eigenvalue weighted by molar-refractivity contribution is 5.93. The summed E-state index contributed by atoms with van der Waals surface area (Å²) in [6.45, 7) is 5.35. The van der Waals surface area contributed by atoms with E-state index in [1.165, 1.54) is 0 Å². The van der Waals surface area contributed by atoms with Gasteiger partial charge in [0.1, 0.15) is 0 Å².